The summed E-state index contributed by atoms with van der Waals surface area (Å²) in [5.41, 5.74) is 5.01. The predicted molar refractivity (Wildman–Crippen MR) is 203 cm³/mol. The van der Waals surface area contributed by atoms with Crippen molar-refractivity contribution < 1.29 is 16.8 Å². The molecule has 50 heavy (non-hydrogen) atoms. The van der Waals surface area contributed by atoms with Crippen LogP contribution in [0, 0.1) is 0 Å². The second kappa shape index (κ2) is 11.4. The van der Waals surface area contributed by atoms with Crippen molar-refractivity contribution in [2.75, 3.05) is 0 Å². The fourth-order valence-electron chi connectivity index (χ4n) is 6.53. The van der Waals surface area contributed by atoms with Gasteiger partial charge < -0.3 is 8.98 Å². The maximum absolute atomic E-state index is 9.09. The summed E-state index contributed by atoms with van der Waals surface area (Å²) >= 11 is 0. The molecular formula is C45H28N4O. The van der Waals surface area contributed by atoms with Crippen LogP contribution in [0.5, 0.6) is 0 Å². The van der Waals surface area contributed by atoms with E-state index in [1.54, 1.807) is 34.9 Å². The van der Waals surface area contributed by atoms with Crippen molar-refractivity contribution in [1.29, 1.82) is 0 Å². The minimum absolute atomic E-state index is 0.00463. The lowest BCUT2D eigenvalue weighted by Gasteiger charge is -2.12. The molecule has 0 N–H and O–H groups in total. The number of hydrogen-bond acceptors (Lipinski definition) is 4. The van der Waals surface area contributed by atoms with Gasteiger partial charge in [0.1, 0.15) is 11.2 Å². The van der Waals surface area contributed by atoms with E-state index in [2.05, 4.69) is 0 Å². The zero-order chi connectivity index (χ0) is 40.9. The van der Waals surface area contributed by atoms with Gasteiger partial charge in [-0.05, 0) is 53.6 Å². The first-order valence-corrected chi connectivity index (χ1v) is 16.0. The van der Waals surface area contributed by atoms with Crippen LogP contribution in [0.15, 0.2) is 174 Å². The molecule has 0 aliphatic heterocycles. The second-order valence-corrected chi connectivity index (χ2v) is 11.8. The SMILES string of the molecule is [2H]c1c([2H])c([2H])c(-c2ccc3c4c([2H])c([2H])c([2H])c([2H])c4n(-c4cccc(-c5nc(-c6ccccc6)nc(-c6ccc7c(c6)oc6ccccc67)n5)c4)c3c2)c([2H])c1[2H]. The Kier molecular flexibility index (Phi) is 4.67. The Morgan fingerprint density at radius 1 is 0.420 bits per heavy atom. The van der Waals surface area contributed by atoms with Crippen molar-refractivity contribution in [2.24, 2.45) is 0 Å². The van der Waals surface area contributed by atoms with Gasteiger partial charge in [-0.3, -0.25) is 0 Å². The molecule has 0 saturated heterocycles. The lowest BCUT2D eigenvalue weighted by molar-refractivity contribution is 0.669. The Morgan fingerprint density at radius 3 is 1.94 bits per heavy atom. The fourth-order valence-corrected chi connectivity index (χ4v) is 6.53. The molecule has 10 aromatic rings. The summed E-state index contributed by atoms with van der Waals surface area (Å²) in [6, 6.07) is 32.0. The molecule has 0 aliphatic carbocycles. The Morgan fingerprint density at radius 2 is 1.08 bits per heavy atom. The largest absolute Gasteiger partial charge is 0.456 e. The molecule has 10 rings (SSSR count). The molecule has 0 saturated carbocycles. The van der Waals surface area contributed by atoms with Crippen molar-refractivity contribution in [3.8, 4) is 51.0 Å². The number of benzene rings is 7. The van der Waals surface area contributed by atoms with E-state index >= 15 is 0 Å². The molecule has 5 heteroatoms. The summed E-state index contributed by atoms with van der Waals surface area (Å²) in [5.74, 6) is 1.20. The highest BCUT2D eigenvalue weighted by Crippen LogP contribution is 2.36. The van der Waals surface area contributed by atoms with Crippen LogP contribution in [-0.4, -0.2) is 19.5 Å². The molecule has 5 nitrogen and oxygen atoms in total. The predicted octanol–water partition coefficient (Wildman–Crippen LogP) is 11.5. The van der Waals surface area contributed by atoms with E-state index in [9.17, 15) is 0 Å². The Balaban J connectivity index is 1.21. The van der Waals surface area contributed by atoms with Crippen molar-refractivity contribution in [3.63, 3.8) is 0 Å². The third kappa shape index (κ3) is 4.67. The zero-order valence-corrected chi connectivity index (χ0v) is 26.2. The van der Waals surface area contributed by atoms with Gasteiger partial charge in [0.25, 0.3) is 0 Å². The number of aromatic nitrogens is 4. The van der Waals surface area contributed by atoms with Gasteiger partial charge in [0, 0.05) is 43.9 Å². The van der Waals surface area contributed by atoms with Gasteiger partial charge in [-0.2, -0.15) is 0 Å². The molecule has 0 radical (unpaired) electrons. The highest BCUT2D eigenvalue weighted by molar-refractivity contribution is 6.10. The molecule has 0 atom stereocenters. The highest BCUT2D eigenvalue weighted by atomic mass is 16.3. The smallest absolute Gasteiger partial charge is 0.164 e. The van der Waals surface area contributed by atoms with E-state index in [0.29, 0.717) is 56.3 Å². The normalized spacial score (nSPS) is 14.1. The molecule has 0 unspecified atom stereocenters. The van der Waals surface area contributed by atoms with E-state index in [1.807, 2.05) is 84.9 Å². The van der Waals surface area contributed by atoms with Crippen molar-refractivity contribution >= 4 is 43.7 Å². The first-order chi connectivity index (χ1) is 28.5. The number of furan rings is 1. The number of nitrogens with zero attached hydrogens (tertiary/aromatic N) is 4. The van der Waals surface area contributed by atoms with Crippen LogP contribution in [0.4, 0.5) is 0 Å². The van der Waals surface area contributed by atoms with Gasteiger partial charge in [-0.15, -0.1) is 0 Å². The second-order valence-electron chi connectivity index (χ2n) is 11.8. The molecule has 0 fully saturated rings. The summed E-state index contributed by atoms with van der Waals surface area (Å²) in [7, 11) is 0. The number of para-hydroxylation sites is 2. The number of fused-ring (bicyclic) bond motifs is 6. The standard InChI is InChI=1S/C45H28N4O/c1-3-12-29(13-4-1)31-22-24-36-35-18-7-9-20-39(35)49(40(36)27-31)34-17-11-16-32(26-34)44-46-43(30-14-5-2-6-15-30)47-45(48-44)33-23-25-38-37-19-8-10-21-41(37)50-42(38)28-33/h1-28H/i1D,3D,4D,7D,9D,12D,13D,18D,20D. The van der Waals surface area contributed by atoms with Crippen LogP contribution in [0.2, 0.25) is 0 Å². The third-order valence-corrected chi connectivity index (χ3v) is 8.85. The monoisotopic (exact) mass is 649 g/mol. The summed E-state index contributed by atoms with van der Waals surface area (Å²) in [5, 5.41) is 2.73. The molecule has 3 heterocycles. The van der Waals surface area contributed by atoms with Gasteiger partial charge in [0.2, 0.25) is 0 Å². The molecule has 3 aromatic heterocycles. The maximum Gasteiger partial charge on any atom is 0.164 e. The van der Waals surface area contributed by atoms with E-state index in [0.717, 1.165) is 21.9 Å². The highest BCUT2D eigenvalue weighted by Gasteiger charge is 2.17. The Hall–Kier alpha value is -6.85. The van der Waals surface area contributed by atoms with Crippen molar-refractivity contribution in [3.05, 3.63) is 170 Å². The number of rotatable bonds is 5. The van der Waals surface area contributed by atoms with E-state index in [4.69, 9.17) is 31.7 Å². The quantitative estimate of drug-likeness (QED) is 0.186. The van der Waals surface area contributed by atoms with E-state index in [1.165, 1.54) is 0 Å². The van der Waals surface area contributed by atoms with E-state index in [-0.39, 0.29) is 40.6 Å². The van der Waals surface area contributed by atoms with Crippen LogP contribution >= 0.6 is 0 Å². The van der Waals surface area contributed by atoms with Gasteiger partial charge in [-0.25, -0.2) is 15.0 Å². The number of hydrogen-bond donors (Lipinski definition) is 0. The average Bonchev–Trinajstić information content (AvgIpc) is 3.82. The third-order valence-electron chi connectivity index (χ3n) is 8.85. The molecule has 0 aliphatic rings. The minimum atomic E-state index is -0.508. The summed E-state index contributed by atoms with van der Waals surface area (Å²) in [6.45, 7) is 0. The van der Waals surface area contributed by atoms with Crippen LogP contribution in [0.3, 0.4) is 0 Å². The van der Waals surface area contributed by atoms with Crippen molar-refractivity contribution in [2.45, 2.75) is 0 Å². The van der Waals surface area contributed by atoms with Gasteiger partial charge in [0.05, 0.1) is 23.4 Å². The zero-order valence-electron chi connectivity index (χ0n) is 35.2. The van der Waals surface area contributed by atoms with Crippen molar-refractivity contribution in [1.82, 2.24) is 19.5 Å². The topological polar surface area (TPSA) is 56.7 Å². The van der Waals surface area contributed by atoms with Crippen LogP contribution in [0.25, 0.3) is 94.7 Å². The maximum atomic E-state index is 9.09. The fraction of sp³-hybridized carbons (Fsp3) is 0. The molecule has 234 valence electrons. The molecule has 0 spiro atoms. The summed E-state index contributed by atoms with van der Waals surface area (Å²) in [4.78, 5) is 14.8. The minimum Gasteiger partial charge on any atom is -0.456 e. The van der Waals surface area contributed by atoms with Gasteiger partial charge in [-0.1, -0.05) is 127 Å². The summed E-state index contributed by atoms with van der Waals surface area (Å²) in [6.07, 6.45) is 0. The first-order valence-electron chi connectivity index (χ1n) is 20.5. The summed E-state index contributed by atoms with van der Waals surface area (Å²) < 4.78 is 85.1. The van der Waals surface area contributed by atoms with Crippen LogP contribution < -0.4 is 0 Å². The van der Waals surface area contributed by atoms with E-state index < -0.39 is 30.2 Å². The van der Waals surface area contributed by atoms with Crippen LogP contribution in [0.1, 0.15) is 12.3 Å². The molecule has 7 aromatic carbocycles. The van der Waals surface area contributed by atoms with Gasteiger partial charge >= 0.3 is 0 Å². The Bertz CT molecular complexity index is 3370. The molecule has 0 amide bonds. The lowest BCUT2D eigenvalue weighted by Crippen LogP contribution is -2.01. The lowest BCUT2D eigenvalue weighted by atomic mass is 10.0. The molecular weight excluding hydrogens is 613 g/mol. The average molecular weight is 650 g/mol. The molecule has 0 bridgehead atoms. The van der Waals surface area contributed by atoms with Gasteiger partial charge in [0.15, 0.2) is 17.5 Å². The Labute approximate surface area is 300 Å². The first kappa shape index (κ1) is 20.5. The van der Waals surface area contributed by atoms with Crippen LogP contribution in [-0.2, 0) is 0 Å².